The third-order valence-corrected chi connectivity index (χ3v) is 6.08. The lowest BCUT2D eigenvalue weighted by Crippen LogP contribution is -2.37. The Morgan fingerprint density at radius 2 is 2.26 bits per heavy atom. The van der Waals surface area contributed by atoms with Crippen LogP contribution in [0, 0.1) is 5.92 Å². The maximum Gasteiger partial charge on any atom is 0.339 e. The molecule has 3 atom stereocenters. The molecule has 5 heterocycles. The van der Waals surface area contributed by atoms with E-state index >= 15 is 0 Å². The van der Waals surface area contributed by atoms with Gasteiger partial charge in [0.15, 0.2) is 18.3 Å². The van der Waals surface area contributed by atoms with Gasteiger partial charge < -0.3 is 14.6 Å². The van der Waals surface area contributed by atoms with Gasteiger partial charge in [-0.2, -0.15) is 0 Å². The van der Waals surface area contributed by atoms with Gasteiger partial charge >= 0.3 is 6.03 Å². The van der Waals surface area contributed by atoms with Gasteiger partial charge in [0.1, 0.15) is 11.9 Å². The SMILES string of the molecule is CN1NC2C=C(N3COc4cc(C(=O)N5CCC6CC65)[nH]c43)C=CN2C1=O. The summed E-state index contributed by atoms with van der Waals surface area (Å²) in [7, 11) is 1.70. The van der Waals surface area contributed by atoms with Crippen molar-refractivity contribution in [2.75, 3.05) is 25.2 Å². The molecule has 9 nitrogen and oxygen atoms in total. The Morgan fingerprint density at radius 3 is 3.04 bits per heavy atom. The van der Waals surface area contributed by atoms with Crippen molar-refractivity contribution in [3.63, 3.8) is 0 Å². The monoisotopic (exact) mass is 368 g/mol. The number of aromatic amines is 1. The lowest BCUT2D eigenvalue weighted by atomic mass is 10.2. The molecule has 1 aromatic heterocycles. The molecule has 1 aromatic rings. The number of piperidine rings is 1. The van der Waals surface area contributed by atoms with Crippen LogP contribution in [-0.2, 0) is 0 Å². The lowest BCUT2D eigenvalue weighted by Gasteiger charge is -2.25. The van der Waals surface area contributed by atoms with Gasteiger partial charge in [-0.25, -0.2) is 10.2 Å². The number of carbonyl (C=O) groups excluding carboxylic acids is 2. The van der Waals surface area contributed by atoms with Crippen LogP contribution < -0.4 is 15.1 Å². The Hall–Kier alpha value is -2.94. The zero-order valence-electron chi connectivity index (χ0n) is 14.9. The van der Waals surface area contributed by atoms with E-state index in [9.17, 15) is 9.59 Å². The number of hydrazine groups is 1. The summed E-state index contributed by atoms with van der Waals surface area (Å²) in [5, 5.41) is 1.47. The van der Waals surface area contributed by atoms with Crippen molar-refractivity contribution in [1.82, 2.24) is 25.2 Å². The molecule has 0 spiro atoms. The third-order valence-electron chi connectivity index (χ3n) is 6.08. The number of nitrogens with one attached hydrogen (secondary N) is 2. The second kappa shape index (κ2) is 5.07. The molecule has 9 heteroatoms. The summed E-state index contributed by atoms with van der Waals surface area (Å²) >= 11 is 0. The fourth-order valence-electron chi connectivity index (χ4n) is 4.49. The predicted octanol–water partition coefficient (Wildman–Crippen LogP) is 1.01. The molecular weight excluding hydrogens is 348 g/mol. The predicted molar refractivity (Wildman–Crippen MR) is 95.5 cm³/mol. The molecule has 3 unspecified atom stereocenters. The molecule has 4 aliphatic heterocycles. The highest BCUT2D eigenvalue weighted by Gasteiger charge is 2.49. The summed E-state index contributed by atoms with van der Waals surface area (Å²) < 4.78 is 5.79. The summed E-state index contributed by atoms with van der Waals surface area (Å²) in [5.74, 6) is 2.24. The highest BCUT2D eigenvalue weighted by atomic mass is 16.5. The van der Waals surface area contributed by atoms with Crippen LogP contribution in [0.5, 0.6) is 5.75 Å². The van der Waals surface area contributed by atoms with Gasteiger partial charge in [-0.3, -0.25) is 19.6 Å². The normalized spacial score (nSPS) is 30.3. The minimum atomic E-state index is -0.223. The highest BCUT2D eigenvalue weighted by Crippen LogP contribution is 2.45. The van der Waals surface area contributed by atoms with Crippen molar-refractivity contribution in [2.45, 2.75) is 25.0 Å². The summed E-state index contributed by atoms with van der Waals surface area (Å²) in [4.78, 5) is 33.7. The standard InChI is InChI=1S/C18H20N6O3/c1-21-18(26)23-5-3-11(7-15(23)20-21)24-9-27-14-8-12(19-16(14)24)17(25)22-4-2-10-6-13(10)22/h3,5,7-8,10,13,15,19-20H,2,4,6,9H2,1H3. The summed E-state index contributed by atoms with van der Waals surface area (Å²) in [5.41, 5.74) is 4.59. The number of ether oxygens (including phenoxy) is 1. The number of fused-ring (bicyclic) bond motifs is 3. The molecule has 0 radical (unpaired) electrons. The molecule has 5 aliphatic rings. The van der Waals surface area contributed by atoms with Gasteiger partial charge in [-0.05, 0) is 30.9 Å². The Kier molecular flexibility index (Phi) is 2.84. The van der Waals surface area contributed by atoms with Gasteiger partial charge in [-0.1, -0.05) is 0 Å². The second-order valence-corrected chi connectivity index (χ2v) is 7.68. The van der Waals surface area contributed by atoms with E-state index in [1.165, 1.54) is 5.01 Å². The average Bonchev–Trinajstić information content (AvgIpc) is 3.00. The van der Waals surface area contributed by atoms with E-state index in [4.69, 9.17) is 4.74 Å². The molecular formula is C18H20N6O3. The van der Waals surface area contributed by atoms with Crippen LogP contribution in [0.1, 0.15) is 23.3 Å². The van der Waals surface area contributed by atoms with Crippen molar-refractivity contribution in [1.29, 1.82) is 0 Å². The van der Waals surface area contributed by atoms with Crippen LogP contribution in [0.15, 0.2) is 30.1 Å². The molecule has 1 saturated carbocycles. The number of urea groups is 1. The Morgan fingerprint density at radius 1 is 1.37 bits per heavy atom. The smallest absolute Gasteiger partial charge is 0.339 e. The molecule has 27 heavy (non-hydrogen) atoms. The summed E-state index contributed by atoms with van der Waals surface area (Å²) in [6.45, 7) is 1.22. The first-order valence-corrected chi connectivity index (χ1v) is 9.27. The minimum absolute atomic E-state index is 0.0574. The molecule has 3 amide bonds. The molecule has 2 N–H and O–H groups in total. The van der Waals surface area contributed by atoms with Gasteiger partial charge in [0.2, 0.25) is 0 Å². The first-order valence-electron chi connectivity index (χ1n) is 9.27. The first-order chi connectivity index (χ1) is 13.1. The third kappa shape index (κ3) is 2.08. The zero-order valence-corrected chi connectivity index (χ0v) is 14.9. The van der Waals surface area contributed by atoms with Crippen LogP contribution >= 0.6 is 0 Å². The number of hydrogen-bond acceptors (Lipinski definition) is 5. The second-order valence-electron chi connectivity index (χ2n) is 7.68. The number of hydrogen-bond donors (Lipinski definition) is 2. The van der Waals surface area contributed by atoms with Crippen LogP contribution in [0.4, 0.5) is 10.6 Å². The highest BCUT2D eigenvalue weighted by molar-refractivity contribution is 5.95. The molecule has 140 valence electrons. The fourth-order valence-corrected chi connectivity index (χ4v) is 4.49. The largest absolute Gasteiger partial charge is 0.469 e. The molecule has 0 aromatic carbocycles. The number of likely N-dealkylation sites (tertiary alicyclic amines) is 1. The van der Waals surface area contributed by atoms with Crippen LogP contribution in [0.25, 0.3) is 0 Å². The van der Waals surface area contributed by atoms with Crippen molar-refractivity contribution in [2.24, 2.45) is 5.92 Å². The van der Waals surface area contributed by atoms with Crippen molar-refractivity contribution < 1.29 is 14.3 Å². The van der Waals surface area contributed by atoms with Crippen molar-refractivity contribution in [3.05, 3.63) is 35.8 Å². The van der Waals surface area contributed by atoms with Gasteiger partial charge in [-0.15, -0.1) is 0 Å². The lowest BCUT2D eigenvalue weighted by molar-refractivity contribution is 0.0763. The summed E-state index contributed by atoms with van der Waals surface area (Å²) in [6, 6.07) is 2.14. The number of rotatable bonds is 2. The Labute approximate surface area is 155 Å². The Bertz CT molecular complexity index is 920. The van der Waals surface area contributed by atoms with Crippen LogP contribution in [0.2, 0.25) is 0 Å². The van der Waals surface area contributed by atoms with E-state index in [1.807, 2.05) is 22.0 Å². The molecule has 0 bridgehead atoms. The molecule has 1 aliphatic carbocycles. The zero-order chi connectivity index (χ0) is 18.3. The number of H-pyrrole nitrogens is 1. The van der Waals surface area contributed by atoms with Gasteiger partial charge in [0, 0.05) is 37.6 Å². The van der Waals surface area contributed by atoms with E-state index in [-0.39, 0.29) is 18.1 Å². The number of carbonyl (C=O) groups is 2. The average molecular weight is 368 g/mol. The van der Waals surface area contributed by atoms with Crippen LogP contribution in [0.3, 0.4) is 0 Å². The van der Waals surface area contributed by atoms with E-state index in [2.05, 4.69) is 10.4 Å². The maximum absolute atomic E-state index is 12.8. The molecule has 3 fully saturated rings. The number of nitrogens with zero attached hydrogens (tertiary/aromatic N) is 4. The van der Waals surface area contributed by atoms with Crippen LogP contribution in [-0.4, -0.2) is 64.3 Å². The molecule has 2 saturated heterocycles. The van der Waals surface area contributed by atoms with E-state index < -0.39 is 0 Å². The Balaban J connectivity index is 1.26. The fraction of sp³-hybridized carbons (Fsp3) is 0.444. The maximum atomic E-state index is 12.8. The van der Waals surface area contributed by atoms with Crippen molar-refractivity contribution >= 4 is 17.8 Å². The molecule has 6 rings (SSSR count). The number of aromatic nitrogens is 1. The van der Waals surface area contributed by atoms with Gasteiger partial charge in [0.05, 0.1) is 0 Å². The number of amides is 3. The quantitative estimate of drug-likeness (QED) is 0.814. The number of anilines is 1. The van der Waals surface area contributed by atoms with E-state index in [0.717, 1.165) is 30.9 Å². The first kappa shape index (κ1) is 15.2. The van der Waals surface area contributed by atoms with Crippen molar-refractivity contribution in [3.8, 4) is 5.75 Å². The topological polar surface area (TPSA) is 84.2 Å². The summed E-state index contributed by atoms with van der Waals surface area (Å²) in [6.07, 6.45) is 7.66. The van der Waals surface area contributed by atoms with E-state index in [1.54, 1.807) is 24.2 Å². The minimum Gasteiger partial charge on any atom is -0.469 e. The van der Waals surface area contributed by atoms with E-state index in [0.29, 0.717) is 30.1 Å². The van der Waals surface area contributed by atoms with Gasteiger partial charge in [0.25, 0.3) is 5.91 Å². The number of allylic oxidation sites excluding steroid dienone is 1.